The first-order valence-corrected chi connectivity index (χ1v) is 7.19. The van der Waals surface area contributed by atoms with Crippen LogP contribution < -0.4 is 5.32 Å². The first-order chi connectivity index (χ1) is 8.40. The maximum Gasteiger partial charge on any atom is 0.0705 e. The van der Waals surface area contributed by atoms with Crippen LogP contribution in [-0.2, 0) is 6.54 Å². The van der Waals surface area contributed by atoms with Gasteiger partial charge in [-0.2, -0.15) is 11.8 Å². The van der Waals surface area contributed by atoms with Crippen LogP contribution >= 0.6 is 11.8 Å². The van der Waals surface area contributed by atoms with E-state index in [1.54, 1.807) is 0 Å². The van der Waals surface area contributed by atoms with Gasteiger partial charge in [-0.3, -0.25) is 4.98 Å². The standard InChI is InChI=1S/C14H18N2S/c1-2-17-10-9-15-11-13-8-7-12-5-3-4-6-14(12)16-13/h3-8,15H,2,9-11H2,1H3. The molecule has 2 rings (SSSR count). The molecule has 1 aromatic carbocycles. The number of thioether (sulfide) groups is 1. The van der Waals surface area contributed by atoms with Crippen molar-refractivity contribution < 1.29 is 0 Å². The van der Waals surface area contributed by atoms with E-state index in [2.05, 4.69) is 41.5 Å². The van der Waals surface area contributed by atoms with Gasteiger partial charge < -0.3 is 5.32 Å². The van der Waals surface area contributed by atoms with Crippen LogP contribution in [0.3, 0.4) is 0 Å². The average molecular weight is 246 g/mol. The van der Waals surface area contributed by atoms with Crippen molar-refractivity contribution in [2.24, 2.45) is 0 Å². The smallest absolute Gasteiger partial charge is 0.0705 e. The molecule has 0 spiro atoms. The molecule has 0 aliphatic rings. The van der Waals surface area contributed by atoms with Gasteiger partial charge in [0.1, 0.15) is 0 Å². The van der Waals surface area contributed by atoms with Crippen LogP contribution in [0.4, 0.5) is 0 Å². The minimum Gasteiger partial charge on any atom is -0.310 e. The van der Waals surface area contributed by atoms with Crippen molar-refractivity contribution in [2.75, 3.05) is 18.1 Å². The molecule has 0 bridgehead atoms. The molecule has 0 saturated heterocycles. The van der Waals surface area contributed by atoms with Gasteiger partial charge in [0.2, 0.25) is 0 Å². The fourth-order valence-corrected chi connectivity index (χ4v) is 2.29. The largest absolute Gasteiger partial charge is 0.310 e. The van der Waals surface area contributed by atoms with Gasteiger partial charge in [-0.25, -0.2) is 0 Å². The van der Waals surface area contributed by atoms with E-state index in [0.29, 0.717) is 0 Å². The van der Waals surface area contributed by atoms with E-state index in [1.807, 2.05) is 23.9 Å². The molecule has 90 valence electrons. The topological polar surface area (TPSA) is 24.9 Å². The van der Waals surface area contributed by atoms with Crippen LogP contribution in [0.15, 0.2) is 36.4 Å². The van der Waals surface area contributed by atoms with Crippen molar-refractivity contribution in [1.29, 1.82) is 0 Å². The lowest BCUT2D eigenvalue weighted by molar-refractivity contribution is 0.718. The quantitative estimate of drug-likeness (QED) is 0.793. The van der Waals surface area contributed by atoms with Gasteiger partial charge in [-0.1, -0.05) is 31.2 Å². The Morgan fingerprint density at radius 1 is 1.18 bits per heavy atom. The van der Waals surface area contributed by atoms with Crippen molar-refractivity contribution in [3.63, 3.8) is 0 Å². The van der Waals surface area contributed by atoms with E-state index in [9.17, 15) is 0 Å². The van der Waals surface area contributed by atoms with Crippen molar-refractivity contribution in [3.05, 3.63) is 42.1 Å². The molecule has 0 saturated carbocycles. The van der Waals surface area contributed by atoms with Crippen molar-refractivity contribution in [3.8, 4) is 0 Å². The molecule has 3 heteroatoms. The molecule has 2 nitrogen and oxygen atoms in total. The number of hydrogen-bond donors (Lipinski definition) is 1. The highest BCUT2D eigenvalue weighted by atomic mass is 32.2. The van der Waals surface area contributed by atoms with Crippen LogP contribution in [0.5, 0.6) is 0 Å². The summed E-state index contributed by atoms with van der Waals surface area (Å²) in [6, 6.07) is 12.5. The summed E-state index contributed by atoms with van der Waals surface area (Å²) in [6.45, 7) is 4.09. The highest BCUT2D eigenvalue weighted by Crippen LogP contribution is 2.11. The molecule has 0 fully saturated rings. The van der Waals surface area contributed by atoms with E-state index in [-0.39, 0.29) is 0 Å². The van der Waals surface area contributed by atoms with E-state index in [0.717, 1.165) is 24.3 Å². The fourth-order valence-electron chi connectivity index (χ4n) is 1.71. The lowest BCUT2D eigenvalue weighted by Crippen LogP contribution is -2.17. The summed E-state index contributed by atoms with van der Waals surface area (Å²) in [5.41, 5.74) is 2.19. The zero-order chi connectivity index (χ0) is 11.9. The molecule has 0 atom stereocenters. The minimum absolute atomic E-state index is 0.856. The molecular formula is C14H18N2S. The molecule has 1 heterocycles. The zero-order valence-corrected chi connectivity index (χ0v) is 11.0. The Bertz CT molecular complexity index is 470. The number of pyridine rings is 1. The molecule has 1 N–H and O–H groups in total. The van der Waals surface area contributed by atoms with Gasteiger partial charge in [0, 0.05) is 24.2 Å². The summed E-state index contributed by atoms with van der Waals surface area (Å²) in [5.74, 6) is 2.36. The molecule has 2 aromatic rings. The molecule has 0 aliphatic carbocycles. The number of rotatable bonds is 6. The van der Waals surface area contributed by atoms with E-state index in [1.165, 1.54) is 16.9 Å². The van der Waals surface area contributed by atoms with Crippen LogP contribution in [0.2, 0.25) is 0 Å². The van der Waals surface area contributed by atoms with Crippen LogP contribution in [0, 0.1) is 0 Å². The van der Waals surface area contributed by atoms with E-state index in [4.69, 9.17) is 0 Å². The number of hydrogen-bond acceptors (Lipinski definition) is 3. The van der Waals surface area contributed by atoms with Crippen molar-refractivity contribution >= 4 is 22.7 Å². The Kier molecular flexibility index (Phi) is 4.83. The average Bonchev–Trinajstić information content (AvgIpc) is 2.38. The lowest BCUT2D eigenvalue weighted by atomic mass is 10.2. The number of nitrogens with one attached hydrogen (secondary N) is 1. The third-order valence-electron chi connectivity index (χ3n) is 2.59. The van der Waals surface area contributed by atoms with E-state index < -0.39 is 0 Å². The first-order valence-electron chi connectivity index (χ1n) is 6.03. The number of benzene rings is 1. The monoisotopic (exact) mass is 246 g/mol. The normalized spacial score (nSPS) is 10.9. The number of aromatic nitrogens is 1. The fraction of sp³-hybridized carbons (Fsp3) is 0.357. The Hall–Kier alpha value is -1.06. The summed E-state index contributed by atoms with van der Waals surface area (Å²) in [6.07, 6.45) is 0. The molecule has 0 aliphatic heterocycles. The first kappa shape index (κ1) is 12.4. The minimum atomic E-state index is 0.856. The van der Waals surface area contributed by atoms with E-state index >= 15 is 0 Å². The van der Waals surface area contributed by atoms with Crippen LogP contribution in [0.25, 0.3) is 10.9 Å². The second kappa shape index (κ2) is 6.62. The highest BCUT2D eigenvalue weighted by Gasteiger charge is 1.97. The summed E-state index contributed by atoms with van der Waals surface area (Å²) in [5, 5.41) is 4.62. The number of para-hydroxylation sites is 1. The summed E-state index contributed by atoms with van der Waals surface area (Å²) >= 11 is 1.96. The Labute approximate surface area is 107 Å². The maximum atomic E-state index is 4.62. The third kappa shape index (κ3) is 3.72. The summed E-state index contributed by atoms with van der Waals surface area (Å²) in [7, 11) is 0. The molecular weight excluding hydrogens is 228 g/mol. The second-order valence-electron chi connectivity index (χ2n) is 3.87. The second-order valence-corrected chi connectivity index (χ2v) is 5.26. The maximum absolute atomic E-state index is 4.62. The van der Waals surface area contributed by atoms with Gasteiger partial charge in [-0.15, -0.1) is 0 Å². The van der Waals surface area contributed by atoms with Crippen LogP contribution in [-0.4, -0.2) is 23.0 Å². The summed E-state index contributed by atoms with van der Waals surface area (Å²) < 4.78 is 0. The van der Waals surface area contributed by atoms with Gasteiger partial charge in [0.15, 0.2) is 0 Å². The summed E-state index contributed by atoms with van der Waals surface area (Å²) in [4.78, 5) is 4.62. The molecule has 0 unspecified atom stereocenters. The molecule has 17 heavy (non-hydrogen) atoms. The van der Waals surface area contributed by atoms with Crippen LogP contribution in [0.1, 0.15) is 12.6 Å². The predicted octanol–water partition coefficient (Wildman–Crippen LogP) is 3.08. The predicted molar refractivity (Wildman–Crippen MR) is 76.4 cm³/mol. The van der Waals surface area contributed by atoms with Crippen molar-refractivity contribution in [2.45, 2.75) is 13.5 Å². The lowest BCUT2D eigenvalue weighted by Gasteiger charge is -2.05. The Balaban J connectivity index is 1.90. The molecule has 0 amide bonds. The van der Waals surface area contributed by atoms with Gasteiger partial charge >= 0.3 is 0 Å². The number of nitrogens with zero attached hydrogens (tertiary/aromatic N) is 1. The Morgan fingerprint density at radius 2 is 2.06 bits per heavy atom. The van der Waals surface area contributed by atoms with Gasteiger partial charge in [0.05, 0.1) is 11.2 Å². The van der Waals surface area contributed by atoms with Crippen molar-refractivity contribution in [1.82, 2.24) is 10.3 Å². The van der Waals surface area contributed by atoms with Gasteiger partial charge in [0.25, 0.3) is 0 Å². The number of fused-ring (bicyclic) bond motifs is 1. The Morgan fingerprint density at radius 3 is 2.94 bits per heavy atom. The highest BCUT2D eigenvalue weighted by molar-refractivity contribution is 7.99. The molecule has 1 aromatic heterocycles. The molecule has 0 radical (unpaired) electrons. The zero-order valence-electron chi connectivity index (χ0n) is 10.1. The third-order valence-corrected chi connectivity index (χ3v) is 3.49. The SMILES string of the molecule is CCSCCNCc1ccc2ccccc2n1. The van der Waals surface area contributed by atoms with Gasteiger partial charge in [-0.05, 0) is 17.9 Å².